The van der Waals surface area contributed by atoms with E-state index in [9.17, 15) is 65.8 Å². The highest BCUT2D eigenvalue weighted by Crippen LogP contribution is 2.27. The Morgan fingerprint density at radius 3 is 1.23 bits per heavy atom. The molecule has 3 heterocycles. The number of ether oxygens (including phenoxy) is 6. The van der Waals surface area contributed by atoms with Gasteiger partial charge in [0.2, 0.25) is 12.6 Å². The summed E-state index contributed by atoms with van der Waals surface area (Å²) in [5.41, 5.74) is 1.86. The predicted octanol–water partition coefficient (Wildman–Crippen LogP) is -3.05. The van der Waals surface area contributed by atoms with Crippen LogP contribution in [0.3, 0.4) is 0 Å². The SMILES string of the molecule is CC(=C/C=C/C=C(C)/C=C/C=C(/C)C(=O)O[C@@H]1O[C@H](CO[C@@H]2O[C@H](CO)[C@@H](O)[C@H](O)[C@H]2O)[C@@H](O)[C@H](O)[C@H]1O)/C=C/C=C(/C)C(=O)O[C@@H]1O[C@H](CO)[C@@H](O)[C@H](O)[C@H]1O. The van der Waals surface area contributed by atoms with Crippen molar-refractivity contribution in [2.24, 2.45) is 0 Å². The van der Waals surface area contributed by atoms with Crippen molar-refractivity contribution in [2.45, 2.75) is 120 Å². The Kier molecular flexibility index (Phi) is 19.0. The van der Waals surface area contributed by atoms with Crippen molar-refractivity contribution >= 4 is 11.9 Å². The van der Waals surface area contributed by atoms with Gasteiger partial charge in [0.05, 0.1) is 19.8 Å². The smallest absolute Gasteiger partial charge is 0.336 e. The van der Waals surface area contributed by atoms with E-state index in [1.807, 2.05) is 6.92 Å². The maximum atomic E-state index is 12.7. The molecule has 19 nitrogen and oxygen atoms in total. The van der Waals surface area contributed by atoms with E-state index < -0.39 is 124 Å². The van der Waals surface area contributed by atoms with Crippen LogP contribution in [0.25, 0.3) is 0 Å². The molecule has 0 radical (unpaired) electrons. The zero-order valence-electron chi connectivity index (χ0n) is 31.7. The van der Waals surface area contributed by atoms with E-state index in [1.165, 1.54) is 26.0 Å². The van der Waals surface area contributed by atoms with Crippen molar-refractivity contribution < 1.29 is 94.2 Å². The lowest BCUT2D eigenvalue weighted by Gasteiger charge is -2.42. The van der Waals surface area contributed by atoms with Crippen LogP contribution in [0.15, 0.2) is 83.1 Å². The summed E-state index contributed by atoms with van der Waals surface area (Å²) < 4.78 is 31.6. The van der Waals surface area contributed by atoms with Crippen LogP contribution in [0.1, 0.15) is 27.7 Å². The number of esters is 2. The third-order valence-electron chi connectivity index (χ3n) is 9.12. The fourth-order valence-corrected chi connectivity index (χ4v) is 5.46. The summed E-state index contributed by atoms with van der Waals surface area (Å²) in [4.78, 5) is 25.2. The normalized spacial score (nSPS) is 37.6. The molecule has 0 aromatic carbocycles. The van der Waals surface area contributed by atoms with Gasteiger partial charge in [-0.1, -0.05) is 71.9 Å². The molecule has 0 saturated carbocycles. The van der Waals surface area contributed by atoms with E-state index in [4.69, 9.17) is 28.4 Å². The summed E-state index contributed by atoms with van der Waals surface area (Å²) in [5, 5.41) is 110. The molecule has 11 N–H and O–H groups in total. The van der Waals surface area contributed by atoms with Gasteiger partial charge >= 0.3 is 11.9 Å². The first-order chi connectivity index (χ1) is 26.9. The molecule has 3 aliphatic heterocycles. The molecule has 0 unspecified atom stereocenters. The summed E-state index contributed by atoms with van der Waals surface area (Å²) in [6.07, 6.45) is -7.55. The van der Waals surface area contributed by atoms with E-state index in [1.54, 1.807) is 55.5 Å². The zero-order valence-corrected chi connectivity index (χ0v) is 31.7. The highest BCUT2D eigenvalue weighted by molar-refractivity contribution is 5.88. The largest absolute Gasteiger partial charge is 0.429 e. The van der Waals surface area contributed by atoms with E-state index in [0.29, 0.717) is 0 Å². The number of carbonyl (C=O) groups is 2. The topological polar surface area (TPSA) is 312 Å². The van der Waals surface area contributed by atoms with Crippen LogP contribution in [0, 0.1) is 0 Å². The van der Waals surface area contributed by atoms with E-state index >= 15 is 0 Å². The maximum Gasteiger partial charge on any atom is 0.336 e. The monoisotopic (exact) mass is 814 g/mol. The summed E-state index contributed by atoms with van der Waals surface area (Å²) in [6.45, 7) is 4.59. The van der Waals surface area contributed by atoms with Crippen LogP contribution in [-0.2, 0) is 38.0 Å². The fourth-order valence-electron chi connectivity index (χ4n) is 5.46. The van der Waals surface area contributed by atoms with Gasteiger partial charge < -0.3 is 84.6 Å². The predicted molar refractivity (Wildman–Crippen MR) is 195 cm³/mol. The van der Waals surface area contributed by atoms with Gasteiger partial charge in [0, 0.05) is 11.1 Å². The number of aliphatic hydroxyl groups excluding tert-OH is 11. The molecule has 0 spiro atoms. The molecule has 0 aromatic rings. The molecule has 0 aliphatic carbocycles. The van der Waals surface area contributed by atoms with Gasteiger partial charge in [0.1, 0.15) is 73.2 Å². The second-order valence-corrected chi connectivity index (χ2v) is 13.7. The van der Waals surface area contributed by atoms with Crippen LogP contribution in [0.5, 0.6) is 0 Å². The molecule has 0 bridgehead atoms. The highest BCUT2D eigenvalue weighted by atomic mass is 16.7. The van der Waals surface area contributed by atoms with Gasteiger partial charge in [-0.05, 0) is 27.7 Å². The molecule has 0 amide bonds. The first kappa shape index (κ1) is 47.9. The van der Waals surface area contributed by atoms with Crippen molar-refractivity contribution in [3.8, 4) is 0 Å². The molecule has 3 rings (SSSR count). The van der Waals surface area contributed by atoms with Crippen molar-refractivity contribution in [3.05, 3.63) is 83.1 Å². The zero-order chi connectivity index (χ0) is 42.6. The minimum atomic E-state index is -1.83. The number of carbonyl (C=O) groups excluding carboxylic acids is 2. The van der Waals surface area contributed by atoms with E-state index in [2.05, 4.69) is 0 Å². The highest BCUT2D eigenvalue weighted by Gasteiger charge is 2.48. The Bertz CT molecular complexity index is 1550. The average Bonchev–Trinajstić information content (AvgIpc) is 3.18. The third-order valence-corrected chi connectivity index (χ3v) is 9.12. The molecule has 57 heavy (non-hydrogen) atoms. The molecule has 3 saturated heterocycles. The first-order valence-electron chi connectivity index (χ1n) is 18.0. The number of hydrogen-bond acceptors (Lipinski definition) is 19. The maximum absolute atomic E-state index is 12.7. The standard InChI is InChI=1S/C38H54O19/c1-18(11-7-13-20(3)34(50)56-37-32(48)29(45)26(42)23(16-40)54-37)9-5-6-10-19(2)12-8-14-21(4)35(51)57-38-33(49)30(46)27(43)24(55-38)17-52-36-31(47)28(44)25(41)22(15-39)53-36/h5-14,22-33,36-49H,15-17H2,1-4H3/b6-5+,11-7+,12-8+,18-9-,19-10+,20-13-,21-14-/t22-,23-,24-,25-,26-,27-,28+,29+,30+,31-,32-,33-,36-,37+,38+/m1/s1. The van der Waals surface area contributed by atoms with Gasteiger partial charge in [0.25, 0.3) is 0 Å². The Hall–Kier alpha value is -3.48. The van der Waals surface area contributed by atoms with Crippen LogP contribution >= 0.6 is 0 Å². The van der Waals surface area contributed by atoms with Crippen LogP contribution in [0.4, 0.5) is 0 Å². The Morgan fingerprint density at radius 1 is 0.474 bits per heavy atom. The lowest BCUT2D eigenvalue weighted by atomic mass is 9.98. The van der Waals surface area contributed by atoms with Crippen molar-refractivity contribution in [2.75, 3.05) is 19.8 Å². The van der Waals surface area contributed by atoms with Gasteiger partial charge in [-0.2, -0.15) is 0 Å². The number of rotatable bonds is 15. The Labute approximate surface area is 328 Å². The second kappa shape index (κ2) is 22.6. The fraction of sp³-hybridized carbons (Fsp3) is 0.579. The quantitative estimate of drug-likeness (QED) is 0.0445. The first-order valence-corrected chi connectivity index (χ1v) is 18.0. The van der Waals surface area contributed by atoms with Gasteiger partial charge in [-0.25, -0.2) is 9.59 Å². The van der Waals surface area contributed by atoms with Crippen LogP contribution in [0.2, 0.25) is 0 Å². The van der Waals surface area contributed by atoms with Gasteiger partial charge in [0.15, 0.2) is 6.29 Å². The summed E-state index contributed by atoms with van der Waals surface area (Å²) >= 11 is 0. The molecule has 3 fully saturated rings. The minimum absolute atomic E-state index is 0.0944. The van der Waals surface area contributed by atoms with Crippen LogP contribution < -0.4 is 0 Å². The molecule has 320 valence electrons. The number of hydrogen-bond donors (Lipinski definition) is 11. The lowest BCUT2D eigenvalue weighted by molar-refractivity contribution is -0.326. The molecule has 0 aromatic heterocycles. The van der Waals surface area contributed by atoms with Gasteiger partial charge in [-0.3, -0.25) is 0 Å². The summed E-state index contributed by atoms with van der Waals surface area (Å²) in [5.74, 6) is -1.75. The molecule has 15 atom stereocenters. The van der Waals surface area contributed by atoms with E-state index in [-0.39, 0.29) is 11.1 Å². The van der Waals surface area contributed by atoms with Crippen LogP contribution in [-0.4, -0.2) is 180 Å². The summed E-state index contributed by atoms with van der Waals surface area (Å²) in [6, 6.07) is 0. The van der Waals surface area contributed by atoms with E-state index in [0.717, 1.165) is 11.1 Å². The second-order valence-electron chi connectivity index (χ2n) is 13.7. The molecular formula is C38H54O19. The Balaban J connectivity index is 1.48. The lowest BCUT2D eigenvalue weighted by Crippen LogP contribution is -2.61. The number of allylic oxidation sites excluding steroid dienone is 12. The molecular weight excluding hydrogens is 760 g/mol. The minimum Gasteiger partial charge on any atom is -0.429 e. The number of aliphatic hydroxyl groups is 11. The average molecular weight is 815 g/mol. The summed E-state index contributed by atoms with van der Waals surface area (Å²) in [7, 11) is 0. The third kappa shape index (κ3) is 13.3. The van der Waals surface area contributed by atoms with Crippen molar-refractivity contribution in [3.63, 3.8) is 0 Å². The molecule has 19 heteroatoms. The Morgan fingerprint density at radius 2 is 0.825 bits per heavy atom. The van der Waals surface area contributed by atoms with Crippen molar-refractivity contribution in [1.82, 2.24) is 0 Å². The van der Waals surface area contributed by atoms with Gasteiger partial charge in [-0.15, -0.1) is 0 Å². The van der Waals surface area contributed by atoms with Crippen molar-refractivity contribution in [1.29, 1.82) is 0 Å². The molecule has 3 aliphatic rings.